The van der Waals surface area contributed by atoms with Gasteiger partial charge in [-0.3, -0.25) is 4.79 Å². The van der Waals surface area contributed by atoms with E-state index >= 15 is 0 Å². The van der Waals surface area contributed by atoms with E-state index in [0.717, 1.165) is 38.6 Å². The van der Waals surface area contributed by atoms with Gasteiger partial charge in [-0.1, -0.05) is 56.0 Å². The minimum absolute atomic E-state index is 0.143. The SMILES string of the molecule is CCCN(Cc1ccc(C)cc1)C(=O)C1(N)CCCCC1. The molecule has 1 aromatic rings. The highest BCUT2D eigenvalue weighted by Gasteiger charge is 2.38. The smallest absolute Gasteiger partial charge is 0.242 e. The van der Waals surface area contributed by atoms with Crippen LogP contribution in [0.5, 0.6) is 0 Å². The van der Waals surface area contributed by atoms with Crippen molar-refractivity contribution in [3.8, 4) is 0 Å². The van der Waals surface area contributed by atoms with E-state index in [4.69, 9.17) is 5.73 Å². The summed E-state index contributed by atoms with van der Waals surface area (Å²) in [5.41, 5.74) is 8.22. The van der Waals surface area contributed by atoms with Crippen molar-refractivity contribution < 1.29 is 4.79 Å². The van der Waals surface area contributed by atoms with Crippen molar-refractivity contribution in [1.82, 2.24) is 4.90 Å². The lowest BCUT2D eigenvalue weighted by Crippen LogP contribution is -2.56. The molecule has 1 fully saturated rings. The van der Waals surface area contributed by atoms with E-state index in [-0.39, 0.29) is 5.91 Å². The number of carbonyl (C=O) groups excluding carboxylic acids is 1. The summed E-state index contributed by atoms with van der Waals surface area (Å²) in [6, 6.07) is 8.41. The van der Waals surface area contributed by atoms with E-state index in [1.54, 1.807) is 0 Å². The molecule has 0 unspecified atom stereocenters. The maximum Gasteiger partial charge on any atom is 0.242 e. The van der Waals surface area contributed by atoms with Crippen molar-refractivity contribution in [3.63, 3.8) is 0 Å². The van der Waals surface area contributed by atoms with Gasteiger partial charge in [0.15, 0.2) is 0 Å². The fourth-order valence-electron chi connectivity index (χ4n) is 3.15. The summed E-state index contributed by atoms with van der Waals surface area (Å²) in [5, 5.41) is 0. The zero-order valence-corrected chi connectivity index (χ0v) is 13.4. The number of rotatable bonds is 5. The zero-order valence-electron chi connectivity index (χ0n) is 13.4. The number of hydrogen-bond donors (Lipinski definition) is 1. The first-order valence-electron chi connectivity index (χ1n) is 8.19. The van der Waals surface area contributed by atoms with Crippen molar-refractivity contribution in [1.29, 1.82) is 0 Å². The third-order valence-corrected chi connectivity index (χ3v) is 4.45. The number of nitrogens with two attached hydrogens (primary N) is 1. The van der Waals surface area contributed by atoms with Crippen LogP contribution in [0, 0.1) is 6.92 Å². The molecule has 0 atom stereocenters. The van der Waals surface area contributed by atoms with Gasteiger partial charge in [0.25, 0.3) is 0 Å². The summed E-state index contributed by atoms with van der Waals surface area (Å²) in [5.74, 6) is 0.143. The molecular weight excluding hydrogens is 260 g/mol. The number of nitrogens with zero attached hydrogens (tertiary/aromatic N) is 1. The Morgan fingerprint density at radius 2 is 1.81 bits per heavy atom. The molecule has 1 aliphatic rings. The maximum absolute atomic E-state index is 12.9. The van der Waals surface area contributed by atoms with E-state index in [1.807, 2.05) is 4.90 Å². The van der Waals surface area contributed by atoms with Crippen LogP contribution in [0.3, 0.4) is 0 Å². The number of amides is 1. The quantitative estimate of drug-likeness (QED) is 0.902. The van der Waals surface area contributed by atoms with Crippen LogP contribution in [0.25, 0.3) is 0 Å². The summed E-state index contributed by atoms with van der Waals surface area (Å²) < 4.78 is 0. The van der Waals surface area contributed by atoms with E-state index in [0.29, 0.717) is 6.54 Å². The van der Waals surface area contributed by atoms with Crippen LogP contribution < -0.4 is 5.73 Å². The van der Waals surface area contributed by atoms with E-state index in [1.165, 1.54) is 17.5 Å². The van der Waals surface area contributed by atoms with Gasteiger partial charge in [0.2, 0.25) is 5.91 Å². The standard InChI is InChI=1S/C18H28N2O/c1-3-13-20(14-16-9-7-15(2)8-10-16)17(21)18(19)11-5-4-6-12-18/h7-10H,3-6,11-14,19H2,1-2H3. The number of benzene rings is 1. The number of aryl methyl sites for hydroxylation is 1. The molecule has 0 saturated heterocycles. The molecule has 0 aromatic heterocycles. The Balaban J connectivity index is 2.10. The second-order valence-corrected chi connectivity index (χ2v) is 6.43. The van der Waals surface area contributed by atoms with Crippen LogP contribution >= 0.6 is 0 Å². The summed E-state index contributed by atoms with van der Waals surface area (Å²) in [6.07, 6.45) is 5.99. The summed E-state index contributed by atoms with van der Waals surface area (Å²) in [4.78, 5) is 14.8. The van der Waals surface area contributed by atoms with Crippen LogP contribution in [0.1, 0.15) is 56.6 Å². The highest BCUT2D eigenvalue weighted by Crippen LogP contribution is 2.28. The predicted octanol–water partition coefficient (Wildman–Crippen LogP) is 3.40. The Morgan fingerprint density at radius 1 is 1.19 bits per heavy atom. The molecule has 0 spiro atoms. The Kier molecular flexibility index (Phi) is 5.40. The first-order valence-corrected chi connectivity index (χ1v) is 8.19. The molecular formula is C18H28N2O. The molecule has 21 heavy (non-hydrogen) atoms. The van der Waals surface area contributed by atoms with E-state index in [9.17, 15) is 4.79 Å². The molecule has 116 valence electrons. The third-order valence-electron chi connectivity index (χ3n) is 4.45. The lowest BCUT2D eigenvalue weighted by molar-refractivity contribution is -0.139. The summed E-state index contributed by atoms with van der Waals surface area (Å²) in [7, 11) is 0. The van der Waals surface area contributed by atoms with Crippen molar-refractivity contribution in [3.05, 3.63) is 35.4 Å². The fourth-order valence-corrected chi connectivity index (χ4v) is 3.15. The Labute approximate surface area is 128 Å². The van der Waals surface area contributed by atoms with Gasteiger partial charge in [0.1, 0.15) is 0 Å². The number of hydrogen-bond acceptors (Lipinski definition) is 2. The van der Waals surface area contributed by atoms with Crippen LogP contribution in [0.15, 0.2) is 24.3 Å². The highest BCUT2D eigenvalue weighted by molar-refractivity contribution is 5.86. The molecule has 2 N–H and O–H groups in total. The molecule has 0 bridgehead atoms. The van der Waals surface area contributed by atoms with Crippen molar-refractivity contribution in [2.24, 2.45) is 5.73 Å². The largest absolute Gasteiger partial charge is 0.337 e. The van der Waals surface area contributed by atoms with Crippen LogP contribution in [-0.4, -0.2) is 22.9 Å². The predicted molar refractivity (Wildman–Crippen MR) is 86.9 cm³/mol. The molecule has 1 aromatic carbocycles. The van der Waals surface area contributed by atoms with Gasteiger partial charge in [0, 0.05) is 13.1 Å². The number of carbonyl (C=O) groups is 1. The third kappa shape index (κ3) is 4.07. The summed E-state index contributed by atoms with van der Waals surface area (Å²) >= 11 is 0. The first kappa shape index (κ1) is 16.0. The highest BCUT2D eigenvalue weighted by atomic mass is 16.2. The van der Waals surface area contributed by atoms with E-state index < -0.39 is 5.54 Å². The van der Waals surface area contributed by atoms with Gasteiger partial charge < -0.3 is 10.6 Å². The molecule has 0 aliphatic heterocycles. The average molecular weight is 288 g/mol. The van der Waals surface area contributed by atoms with Gasteiger partial charge in [-0.25, -0.2) is 0 Å². The van der Waals surface area contributed by atoms with Crippen molar-refractivity contribution in [2.75, 3.05) is 6.54 Å². The van der Waals surface area contributed by atoms with Gasteiger partial charge in [-0.05, 0) is 31.7 Å². The Hall–Kier alpha value is -1.35. The van der Waals surface area contributed by atoms with Gasteiger partial charge in [0.05, 0.1) is 5.54 Å². The van der Waals surface area contributed by atoms with E-state index in [2.05, 4.69) is 38.1 Å². The lowest BCUT2D eigenvalue weighted by Gasteiger charge is -2.37. The minimum Gasteiger partial charge on any atom is -0.337 e. The van der Waals surface area contributed by atoms with Crippen LogP contribution in [-0.2, 0) is 11.3 Å². The zero-order chi connectivity index (χ0) is 15.3. The lowest BCUT2D eigenvalue weighted by atomic mass is 9.81. The molecule has 2 rings (SSSR count). The first-order chi connectivity index (χ1) is 10.0. The molecule has 1 saturated carbocycles. The monoisotopic (exact) mass is 288 g/mol. The van der Waals surface area contributed by atoms with Gasteiger partial charge in [-0.2, -0.15) is 0 Å². The minimum atomic E-state index is -0.627. The molecule has 3 nitrogen and oxygen atoms in total. The van der Waals surface area contributed by atoms with Crippen molar-refractivity contribution >= 4 is 5.91 Å². The maximum atomic E-state index is 12.9. The van der Waals surface area contributed by atoms with Crippen LogP contribution in [0.4, 0.5) is 0 Å². The molecule has 1 amide bonds. The second-order valence-electron chi connectivity index (χ2n) is 6.43. The van der Waals surface area contributed by atoms with Crippen molar-refractivity contribution in [2.45, 2.75) is 64.5 Å². The molecule has 0 radical (unpaired) electrons. The normalized spacial score (nSPS) is 17.5. The van der Waals surface area contributed by atoms with Crippen LogP contribution in [0.2, 0.25) is 0 Å². The Bertz CT molecular complexity index is 461. The fraction of sp³-hybridized carbons (Fsp3) is 0.611. The molecule has 0 heterocycles. The Morgan fingerprint density at radius 3 is 2.38 bits per heavy atom. The summed E-state index contributed by atoms with van der Waals surface area (Å²) in [6.45, 7) is 5.65. The second kappa shape index (κ2) is 7.08. The average Bonchev–Trinajstić information content (AvgIpc) is 2.49. The van der Waals surface area contributed by atoms with Gasteiger partial charge >= 0.3 is 0 Å². The topological polar surface area (TPSA) is 46.3 Å². The van der Waals surface area contributed by atoms with Gasteiger partial charge in [-0.15, -0.1) is 0 Å². The molecule has 1 aliphatic carbocycles. The molecule has 3 heteroatoms.